The van der Waals surface area contributed by atoms with Crippen molar-refractivity contribution in [3.8, 4) is 0 Å². The van der Waals surface area contributed by atoms with Gasteiger partial charge in [-0.1, -0.05) is 6.07 Å². The number of rotatable bonds is 4. The predicted molar refractivity (Wildman–Crippen MR) is 106 cm³/mol. The van der Waals surface area contributed by atoms with E-state index in [2.05, 4.69) is 9.97 Å². The molecule has 0 unspecified atom stereocenters. The van der Waals surface area contributed by atoms with E-state index in [1.807, 2.05) is 22.4 Å². The van der Waals surface area contributed by atoms with Crippen LogP contribution in [0.3, 0.4) is 0 Å². The Morgan fingerprint density at radius 2 is 2.21 bits per heavy atom. The van der Waals surface area contributed by atoms with Crippen LogP contribution < -0.4 is 5.56 Å². The number of H-pyrrole nitrogens is 1. The number of aromatic amines is 1. The molecule has 0 aliphatic carbocycles. The van der Waals surface area contributed by atoms with Gasteiger partial charge >= 0.3 is 0 Å². The highest BCUT2D eigenvalue weighted by Crippen LogP contribution is 2.26. The van der Waals surface area contributed by atoms with Crippen molar-refractivity contribution < 1.29 is 13.2 Å². The Balaban J connectivity index is 1.50. The summed E-state index contributed by atoms with van der Waals surface area (Å²) in [5.41, 5.74) is 0.891. The molecule has 2 aliphatic heterocycles. The van der Waals surface area contributed by atoms with Gasteiger partial charge in [0.2, 0.25) is 15.9 Å². The minimum atomic E-state index is -3.33. The van der Waals surface area contributed by atoms with Crippen LogP contribution in [-0.4, -0.2) is 59.4 Å². The molecule has 0 saturated carbocycles. The van der Waals surface area contributed by atoms with E-state index < -0.39 is 10.0 Å². The fourth-order valence-electron chi connectivity index (χ4n) is 3.80. The summed E-state index contributed by atoms with van der Waals surface area (Å²) in [6.45, 7) is 1.57. The smallest absolute Gasteiger partial charge is 0.254 e. The second-order valence-electron chi connectivity index (χ2n) is 7.30. The van der Waals surface area contributed by atoms with Crippen molar-refractivity contribution in [3.05, 3.63) is 49.8 Å². The fraction of sp³-hybridized carbons (Fsp3) is 0.500. The number of amides is 1. The van der Waals surface area contributed by atoms with Crippen molar-refractivity contribution in [2.24, 2.45) is 0 Å². The van der Waals surface area contributed by atoms with Crippen LogP contribution in [0, 0.1) is 0 Å². The third-order valence-electron chi connectivity index (χ3n) is 5.36. The van der Waals surface area contributed by atoms with Gasteiger partial charge in [-0.25, -0.2) is 13.4 Å². The van der Waals surface area contributed by atoms with Gasteiger partial charge in [0.25, 0.3) is 5.56 Å². The van der Waals surface area contributed by atoms with Crippen LogP contribution in [0.4, 0.5) is 0 Å². The molecule has 1 atom stereocenters. The first-order chi connectivity index (χ1) is 13.3. The first kappa shape index (κ1) is 19.3. The van der Waals surface area contributed by atoms with E-state index in [-0.39, 0.29) is 23.9 Å². The number of carbonyl (C=O) groups is 1. The molecule has 2 aromatic heterocycles. The normalized spacial score (nSPS) is 20.3. The van der Waals surface area contributed by atoms with E-state index in [1.54, 1.807) is 11.3 Å². The van der Waals surface area contributed by atoms with Gasteiger partial charge in [-0.3, -0.25) is 9.59 Å². The number of aromatic nitrogens is 2. The van der Waals surface area contributed by atoms with Gasteiger partial charge in [-0.2, -0.15) is 4.31 Å². The molecule has 1 fully saturated rings. The van der Waals surface area contributed by atoms with Crippen molar-refractivity contribution in [1.82, 2.24) is 19.2 Å². The lowest BCUT2D eigenvalue weighted by Gasteiger charge is -2.26. The molecule has 150 valence electrons. The molecule has 28 heavy (non-hydrogen) atoms. The SMILES string of the molecule is CS(=O)(=O)N1CCc2c(nc([C@H]3CCN(C(=O)Cc4cccs4)C3)[nH]c2=O)C1. The van der Waals surface area contributed by atoms with Crippen molar-refractivity contribution in [2.45, 2.75) is 31.7 Å². The number of thiophene rings is 1. The molecule has 1 N–H and O–H groups in total. The summed E-state index contributed by atoms with van der Waals surface area (Å²) in [6.07, 6.45) is 2.65. The maximum absolute atomic E-state index is 12.5. The minimum absolute atomic E-state index is 0.0427. The number of nitrogens with one attached hydrogen (secondary N) is 1. The largest absolute Gasteiger partial charge is 0.342 e. The topological polar surface area (TPSA) is 103 Å². The summed E-state index contributed by atoms with van der Waals surface area (Å²) >= 11 is 1.57. The van der Waals surface area contributed by atoms with Crippen LogP contribution in [0.5, 0.6) is 0 Å². The Kier molecular flexibility index (Phi) is 5.11. The summed E-state index contributed by atoms with van der Waals surface area (Å²) in [6, 6.07) is 3.88. The monoisotopic (exact) mass is 422 g/mol. The van der Waals surface area contributed by atoms with Crippen LogP contribution >= 0.6 is 11.3 Å². The lowest BCUT2D eigenvalue weighted by molar-refractivity contribution is -0.129. The van der Waals surface area contributed by atoms with Crippen LogP contribution in [-0.2, 0) is 34.2 Å². The predicted octanol–water partition coefficient (Wildman–Crippen LogP) is 0.708. The van der Waals surface area contributed by atoms with Crippen LogP contribution in [0.2, 0.25) is 0 Å². The number of sulfonamides is 1. The van der Waals surface area contributed by atoms with Crippen LogP contribution in [0.25, 0.3) is 0 Å². The molecule has 0 aromatic carbocycles. The molecule has 0 spiro atoms. The molecule has 0 bridgehead atoms. The third kappa shape index (κ3) is 3.89. The Bertz CT molecular complexity index is 1050. The van der Waals surface area contributed by atoms with Gasteiger partial charge < -0.3 is 9.88 Å². The fourth-order valence-corrected chi connectivity index (χ4v) is 5.27. The van der Waals surface area contributed by atoms with Crippen LogP contribution in [0.15, 0.2) is 22.3 Å². The van der Waals surface area contributed by atoms with E-state index in [4.69, 9.17) is 0 Å². The van der Waals surface area contributed by atoms with Gasteiger partial charge in [0.15, 0.2) is 0 Å². The zero-order valence-electron chi connectivity index (χ0n) is 15.6. The zero-order chi connectivity index (χ0) is 19.9. The Morgan fingerprint density at radius 1 is 1.39 bits per heavy atom. The minimum Gasteiger partial charge on any atom is -0.342 e. The van der Waals surface area contributed by atoms with Gasteiger partial charge in [-0.15, -0.1) is 11.3 Å². The lowest BCUT2D eigenvalue weighted by atomic mass is 10.1. The van der Waals surface area contributed by atoms with Gasteiger partial charge in [0.1, 0.15) is 5.82 Å². The maximum Gasteiger partial charge on any atom is 0.254 e. The zero-order valence-corrected chi connectivity index (χ0v) is 17.2. The molecule has 1 amide bonds. The van der Waals surface area contributed by atoms with Crippen LogP contribution in [0.1, 0.15) is 34.3 Å². The Hall–Kier alpha value is -2.04. The molecule has 0 radical (unpaired) electrons. The third-order valence-corrected chi connectivity index (χ3v) is 7.49. The number of hydrogen-bond donors (Lipinski definition) is 1. The summed E-state index contributed by atoms with van der Waals surface area (Å²) in [7, 11) is -3.33. The second kappa shape index (κ2) is 7.41. The number of likely N-dealkylation sites (tertiary alicyclic amines) is 1. The summed E-state index contributed by atoms with van der Waals surface area (Å²) in [5, 5.41) is 1.96. The molecule has 4 rings (SSSR count). The molecule has 2 aromatic rings. The number of hydrogen-bond acceptors (Lipinski definition) is 6. The second-order valence-corrected chi connectivity index (χ2v) is 10.3. The standard InChI is InChI=1S/C18H22N4O4S2/c1-28(25,26)22-7-5-14-15(11-22)19-17(20-18(14)24)12-4-6-21(10-12)16(23)9-13-3-2-8-27-13/h2-3,8,12H,4-7,9-11H2,1H3,(H,19,20,24)/t12-/m0/s1. The number of nitrogens with zero attached hydrogens (tertiary/aromatic N) is 3. The summed E-state index contributed by atoms with van der Waals surface area (Å²) in [5.74, 6) is 0.581. The van der Waals surface area contributed by atoms with E-state index in [0.717, 1.165) is 11.3 Å². The average molecular weight is 423 g/mol. The molecule has 1 saturated heterocycles. The average Bonchev–Trinajstić information content (AvgIpc) is 3.32. The molecular formula is C18H22N4O4S2. The number of fused-ring (bicyclic) bond motifs is 1. The first-order valence-electron chi connectivity index (χ1n) is 9.18. The quantitative estimate of drug-likeness (QED) is 0.782. The van der Waals surface area contributed by atoms with Crippen molar-refractivity contribution in [3.63, 3.8) is 0 Å². The summed E-state index contributed by atoms with van der Waals surface area (Å²) in [4.78, 5) is 35.3. The van der Waals surface area contributed by atoms with E-state index in [0.29, 0.717) is 49.6 Å². The molecular weight excluding hydrogens is 400 g/mol. The molecule has 8 nitrogen and oxygen atoms in total. The molecule has 10 heteroatoms. The molecule has 2 aliphatic rings. The summed E-state index contributed by atoms with van der Waals surface area (Å²) < 4.78 is 25.0. The highest BCUT2D eigenvalue weighted by molar-refractivity contribution is 7.88. The highest BCUT2D eigenvalue weighted by atomic mass is 32.2. The van der Waals surface area contributed by atoms with Crippen molar-refractivity contribution in [2.75, 3.05) is 25.9 Å². The first-order valence-corrected chi connectivity index (χ1v) is 11.9. The van der Waals surface area contributed by atoms with Crippen molar-refractivity contribution in [1.29, 1.82) is 0 Å². The van der Waals surface area contributed by atoms with E-state index in [9.17, 15) is 18.0 Å². The highest BCUT2D eigenvalue weighted by Gasteiger charge is 2.31. The van der Waals surface area contributed by atoms with Crippen molar-refractivity contribution >= 4 is 27.3 Å². The maximum atomic E-state index is 12.5. The Labute approximate surface area is 167 Å². The van der Waals surface area contributed by atoms with E-state index >= 15 is 0 Å². The number of carbonyl (C=O) groups excluding carboxylic acids is 1. The lowest BCUT2D eigenvalue weighted by Crippen LogP contribution is -2.39. The molecule has 4 heterocycles. The van der Waals surface area contributed by atoms with Gasteiger partial charge in [0.05, 0.1) is 24.9 Å². The van der Waals surface area contributed by atoms with E-state index in [1.165, 1.54) is 10.6 Å². The Morgan fingerprint density at radius 3 is 2.93 bits per heavy atom. The van der Waals surface area contributed by atoms with Gasteiger partial charge in [0, 0.05) is 36.0 Å². The van der Waals surface area contributed by atoms with Gasteiger partial charge in [-0.05, 0) is 24.3 Å².